The molecule has 0 fully saturated rings. The Bertz CT molecular complexity index is 636. The predicted molar refractivity (Wildman–Crippen MR) is 78.5 cm³/mol. The number of aromatic nitrogens is 2. The lowest BCUT2D eigenvalue weighted by Gasteiger charge is -2.28. The highest BCUT2D eigenvalue weighted by Crippen LogP contribution is 2.17. The van der Waals surface area contributed by atoms with E-state index in [0.717, 1.165) is 37.6 Å². The van der Waals surface area contributed by atoms with Crippen LogP contribution >= 0.6 is 0 Å². The summed E-state index contributed by atoms with van der Waals surface area (Å²) in [6.45, 7) is 3.64. The first-order valence-electron chi connectivity index (χ1n) is 7.12. The van der Waals surface area contributed by atoms with Crippen molar-refractivity contribution in [1.29, 1.82) is 0 Å². The lowest BCUT2D eigenvalue weighted by atomic mass is 10.0. The van der Waals surface area contributed by atoms with E-state index in [-0.39, 0.29) is 5.97 Å². The van der Waals surface area contributed by atoms with E-state index in [9.17, 15) is 4.79 Å². The number of fused-ring (bicyclic) bond motifs is 1. The molecule has 2 aromatic rings. The highest BCUT2D eigenvalue weighted by Gasteiger charge is 2.18. The van der Waals surface area contributed by atoms with Crippen molar-refractivity contribution in [3.63, 3.8) is 0 Å². The number of hydrogen-bond acceptors (Lipinski definition) is 4. The Morgan fingerprint density at radius 1 is 1.29 bits per heavy atom. The van der Waals surface area contributed by atoms with E-state index in [1.54, 1.807) is 0 Å². The summed E-state index contributed by atoms with van der Waals surface area (Å²) in [5.41, 5.74) is 2.22. The fourth-order valence-corrected chi connectivity index (χ4v) is 2.71. The van der Waals surface area contributed by atoms with Gasteiger partial charge in [0.05, 0.1) is 20.1 Å². The standard InChI is InChI=1S/C16H19N3O2/c1-21-16(20)10-13-4-2-3-5-14(13)11-18-8-9-19-7-6-17-15(19)12-18/h2-7H,8-12H2,1H3. The van der Waals surface area contributed by atoms with E-state index in [2.05, 4.69) is 20.5 Å². The normalized spacial score (nSPS) is 14.7. The van der Waals surface area contributed by atoms with E-state index < -0.39 is 0 Å². The molecular formula is C16H19N3O2. The number of carbonyl (C=O) groups is 1. The maximum atomic E-state index is 11.5. The van der Waals surface area contributed by atoms with Gasteiger partial charge < -0.3 is 9.30 Å². The Morgan fingerprint density at radius 3 is 2.90 bits per heavy atom. The second kappa shape index (κ2) is 6.10. The highest BCUT2D eigenvalue weighted by atomic mass is 16.5. The van der Waals surface area contributed by atoms with Crippen LogP contribution in [-0.4, -0.2) is 34.1 Å². The lowest BCUT2D eigenvalue weighted by Crippen LogP contribution is -2.33. The molecule has 0 saturated heterocycles. The van der Waals surface area contributed by atoms with Gasteiger partial charge in [0.2, 0.25) is 0 Å². The van der Waals surface area contributed by atoms with Crippen molar-refractivity contribution in [2.75, 3.05) is 13.7 Å². The average molecular weight is 285 g/mol. The Hall–Kier alpha value is -2.14. The molecule has 0 aliphatic carbocycles. The number of nitrogens with zero attached hydrogens (tertiary/aromatic N) is 3. The number of imidazole rings is 1. The second-order valence-corrected chi connectivity index (χ2v) is 5.27. The molecule has 0 spiro atoms. The minimum atomic E-state index is -0.198. The van der Waals surface area contributed by atoms with Gasteiger partial charge in [-0.15, -0.1) is 0 Å². The molecule has 21 heavy (non-hydrogen) atoms. The summed E-state index contributed by atoms with van der Waals surface area (Å²) in [5, 5.41) is 0. The lowest BCUT2D eigenvalue weighted by molar-refractivity contribution is -0.139. The Labute approximate surface area is 124 Å². The van der Waals surface area contributed by atoms with Gasteiger partial charge in [-0.1, -0.05) is 24.3 Å². The topological polar surface area (TPSA) is 47.4 Å². The van der Waals surface area contributed by atoms with Gasteiger partial charge in [0.15, 0.2) is 0 Å². The number of hydrogen-bond donors (Lipinski definition) is 0. The summed E-state index contributed by atoms with van der Waals surface area (Å²) >= 11 is 0. The maximum Gasteiger partial charge on any atom is 0.309 e. The van der Waals surface area contributed by atoms with Crippen molar-refractivity contribution >= 4 is 5.97 Å². The van der Waals surface area contributed by atoms with Crippen LogP contribution in [0, 0.1) is 0 Å². The Kier molecular flexibility index (Phi) is 4.01. The van der Waals surface area contributed by atoms with Gasteiger partial charge in [-0.3, -0.25) is 9.69 Å². The van der Waals surface area contributed by atoms with E-state index in [0.29, 0.717) is 6.42 Å². The monoisotopic (exact) mass is 285 g/mol. The first-order valence-corrected chi connectivity index (χ1v) is 7.12. The summed E-state index contributed by atoms with van der Waals surface area (Å²) < 4.78 is 6.96. The van der Waals surface area contributed by atoms with Gasteiger partial charge in [-0.25, -0.2) is 4.98 Å². The van der Waals surface area contributed by atoms with Gasteiger partial charge >= 0.3 is 5.97 Å². The fraction of sp³-hybridized carbons (Fsp3) is 0.375. The zero-order valence-electron chi connectivity index (χ0n) is 12.2. The first-order chi connectivity index (χ1) is 10.3. The van der Waals surface area contributed by atoms with Crippen LogP contribution in [0.25, 0.3) is 0 Å². The largest absolute Gasteiger partial charge is 0.469 e. The van der Waals surface area contributed by atoms with Crippen molar-refractivity contribution in [3.8, 4) is 0 Å². The van der Waals surface area contributed by atoms with Gasteiger partial charge in [-0.2, -0.15) is 0 Å². The second-order valence-electron chi connectivity index (χ2n) is 5.27. The number of benzene rings is 1. The van der Waals surface area contributed by atoms with Crippen molar-refractivity contribution in [3.05, 3.63) is 53.6 Å². The third-order valence-electron chi connectivity index (χ3n) is 3.90. The third kappa shape index (κ3) is 3.13. The zero-order valence-corrected chi connectivity index (χ0v) is 12.2. The molecule has 0 unspecified atom stereocenters. The molecule has 3 rings (SSSR count). The van der Waals surface area contributed by atoms with Crippen LogP contribution in [0.1, 0.15) is 17.0 Å². The SMILES string of the molecule is COC(=O)Cc1ccccc1CN1CCn2ccnc2C1. The van der Waals surface area contributed by atoms with Gasteiger partial charge in [0.25, 0.3) is 0 Å². The van der Waals surface area contributed by atoms with Crippen LogP contribution in [-0.2, 0) is 35.6 Å². The Balaban J connectivity index is 1.72. The smallest absolute Gasteiger partial charge is 0.309 e. The van der Waals surface area contributed by atoms with Crippen LogP contribution in [0.2, 0.25) is 0 Å². The summed E-state index contributed by atoms with van der Waals surface area (Å²) in [6, 6.07) is 8.06. The third-order valence-corrected chi connectivity index (χ3v) is 3.90. The summed E-state index contributed by atoms with van der Waals surface area (Å²) in [7, 11) is 1.43. The summed E-state index contributed by atoms with van der Waals surface area (Å²) in [6.07, 6.45) is 4.21. The molecule has 0 bridgehead atoms. The van der Waals surface area contributed by atoms with Gasteiger partial charge in [0.1, 0.15) is 5.82 Å². The quantitative estimate of drug-likeness (QED) is 0.801. The number of rotatable bonds is 4. The highest BCUT2D eigenvalue weighted by molar-refractivity contribution is 5.72. The molecule has 0 N–H and O–H groups in total. The number of methoxy groups -OCH3 is 1. The maximum absolute atomic E-state index is 11.5. The molecule has 5 nitrogen and oxygen atoms in total. The number of esters is 1. The van der Waals surface area contributed by atoms with Crippen molar-refractivity contribution in [2.24, 2.45) is 0 Å². The van der Waals surface area contributed by atoms with Crippen molar-refractivity contribution in [1.82, 2.24) is 14.5 Å². The Morgan fingerprint density at radius 2 is 2.10 bits per heavy atom. The first kappa shape index (κ1) is 13.8. The molecule has 1 aromatic carbocycles. The molecule has 2 heterocycles. The molecule has 0 saturated carbocycles. The van der Waals surface area contributed by atoms with Crippen LogP contribution in [0.5, 0.6) is 0 Å². The van der Waals surface area contributed by atoms with Crippen molar-refractivity contribution in [2.45, 2.75) is 26.1 Å². The van der Waals surface area contributed by atoms with E-state index in [1.165, 1.54) is 12.7 Å². The fourth-order valence-electron chi connectivity index (χ4n) is 2.71. The zero-order chi connectivity index (χ0) is 14.7. The van der Waals surface area contributed by atoms with Crippen LogP contribution in [0.3, 0.4) is 0 Å². The predicted octanol–water partition coefficient (Wildman–Crippen LogP) is 1.61. The number of ether oxygens (including phenoxy) is 1. The van der Waals surface area contributed by atoms with Crippen LogP contribution < -0.4 is 0 Å². The average Bonchev–Trinajstić information content (AvgIpc) is 2.96. The molecular weight excluding hydrogens is 266 g/mol. The van der Waals surface area contributed by atoms with Crippen molar-refractivity contribution < 1.29 is 9.53 Å². The minimum absolute atomic E-state index is 0.198. The van der Waals surface area contributed by atoms with E-state index in [1.807, 2.05) is 30.6 Å². The van der Waals surface area contributed by atoms with E-state index >= 15 is 0 Å². The molecule has 0 amide bonds. The molecule has 1 aliphatic rings. The summed E-state index contributed by atoms with van der Waals surface area (Å²) in [4.78, 5) is 18.2. The molecule has 1 aliphatic heterocycles. The van der Waals surface area contributed by atoms with Gasteiger partial charge in [-0.05, 0) is 11.1 Å². The molecule has 1 aromatic heterocycles. The molecule has 110 valence electrons. The molecule has 0 radical (unpaired) electrons. The number of carbonyl (C=O) groups excluding carboxylic acids is 1. The molecule has 5 heteroatoms. The van der Waals surface area contributed by atoms with Gasteiger partial charge in [0, 0.05) is 32.0 Å². The van der Waals surface area contributed by atoms with Crippen LogP contribution in [0.15, 0.2) is 36.7 Å². The van der Waals surface area contributed by atoms with E-state index in [4.69, 9.17) is 4.74 Å². The molecule has 0 atom stereocenters. The van der Waals surface area contributed by atoms with Crippen LogP contribution in [0.4, 0.5) is 0 Å². The summed E-state index contributed by atoms with van der Waals surface area (Å²) in [5.74, 6) is 0.906. The minimum Gasteiger partial charge on any atom is -0.469 e.